The lowest BCUT2D eigenvalue weighted by Crippen LogP contribution is -2.48. The molecule has 4 aromatic rings. The standard InChI is InChI=1S/C38H47N7O4.ClH/c1-22-17-28(36(47)41-30-15-16-40-23(2)18-30)11-13-31(22)26-7-3-24(4-8-26)19-34(43-35(46)27-9-5-25(21-39)6-10-27)38(49)42-29-12-14-32-33(20-29)44-45-37(32)48;/h3-4,7-8,11-14,17,20,23,25,27,30,34,40H,5-6,9-10,15-16,18-19,21,39H2,1-2H3,(H,41,47)(H,42,49)(H,43,46)(H2,44,45,48);1H/t23?,25-,27-,30?,34-;/m0./s1. The van der Waals surface area contributed by atoms with Crippen LogP contribution >= 0.6 is 12.4 Å². The predicted molar refractivity (Wildman–Crippen MR) is 200 cm³/mol. The van der Waals surface area contributed by atoms with Crippen LogP contribution in [0.15, 0.2) is 65.5 Å². The number of hydrogen-bond donors (Lipinski definition) is 7. The Bertz CT molecular complexity index is 1860. The lowest BCUT2D eigenvalue weighted by atomic mass is 9.81. The van der Waals surface area contributed by atoms with E-state index >= 15 is 0 Å². The van der Waals surface area contributed by atoms with Crippen molar-refractivity contribution in [3.05, 3.63) is 87.7 Å². The van der Waals surface area contributed by atoms with Gasteiger partial charge in [0, 0.05) is 35.7 Å². The molecule has 2 heterocycles. The number of carbonyl (C=O) groups excluding carboxylic acids is 3. The van der Waals surface area contributed by atoms with Gasteiger partial charge >= 0.3 is 0 Å². The lowest BCUT2D eigenvalue weighted by molar-refractivity contribution is -0.130. The first kappa shape index (κ1) is 36.8. The SMILES string of the molecule is Cc1cc(C(=O)NC2CCNC(C)C2)ccc1-c1ccc(C[C@H](NC(=O)[C@H]2CC[C@H](CN)CC2)C(=O)Nc2ccc3c(=O)[nH][nH]c3c2)cc1.Cl. The Morgan fingerprint density at radius 3 is 2.40 bits per heavy atom. The fourth-order valence-electron chi connectivity index (χ4n) is 7.22. The largest absolute Gasteiger partial charge is 0.349 e. The van der Waals surface area contributed by atoms with Crippen LogP contribution in [0.5, 0.6) is 0 Å². The molecule has 1 aliphatic heterocycles. The molecule has 266 valence electrons. The molecule has 11 nitrogen and oxygen atoms in total. The van der Waals surface area contributed by atoms with Gasteiger partial charge in [-0.2, -0.15) is 0 Å². The van der Waals surface area contributed by atoms with Crippen LogP contribution < -0.4 is 32.6 Å². The molecule has 0 radical (unpaired) electrons. The van der Waals surface area contributed by atoms with Gasteiger partial charge in [0.25, 0.3) is 11.5 Å². The Kier molecular flexibility index (Phi) is 12.2. The van der Waals surface area contributed by atoms with Crippen LogP contribution in [0.25, 0.3) is 22.0 Å². The van der Waals surface area contributed by atoms with Crippen LogP contribution in [0.1, 0.15) is 66.9 Å². The van der Waals surface area contributed by atoms with Gasteiger partial charge in [-0.3, -0.25) is 29.4 Å². The number of anilines is 1. The summed E-state index contributed by atoms with van der Waals surface area (Å²) in [4.78, 5) is 52.0. The van der Waals surface area contributed by atoms with Crippen molar-refractivity contribution in [2.24, 2.45) is 17.6 Å². The van der Waals surface area contributed by atoms with Crippen LogP contribution in [-0.2, 0) is 16.0 Å². The van der Waals surface area contributed by atoms with E-state index in [2.05, 4.69) is 38.4 Å². The monoisotopic (exact) mass is 701 g/mol. The first-order valence-corrected chi connectivity index (χ1v) is 17.4. The maximum Gasteiger partial charge on any atom is 0.271 e. The van der Waals surface area contributed by atoms with Gasteiger partial charge in [-0.25, -0.2) is 0 Å². The first-order valence-electron chi connectivity index (χ1n) is 17.4. The Balaban J connectivity index is 0.00000486. The molecule has 0 spiro atoms. The number of nitrogens with two attached hydrogens (primary N) is 1. The zero-order valence-corrected chi connectivity index (χ0v) is 29.5. The van der Waals surface area contributed by atoms with Gasteiger partial charge in [-0.15, -0.1) is 12.4 Å². The van der Waals surface area contributed by atoms with Gasteiger partial charge in [-0.1, -0.05) is 30.3 Å². The summed E-state index contributed by atoms with van der Waals surface area (Å²) in [6, 6.07) is 18.5. The highest BCUT2D eigenvalue weighted by Crippen LogP contribution is 2.29. The van der Waals surface area contributed by atoms with E-state index in [-0.39, 0.29) is 47.6 Å². The zero-order chi connectivity index (χ0) is 34.5. The summed E-state index contributed by atoms with van der Waals surface area (Å²) in [5, 5.41) is 18.4. The van der Waals surface area contributed by atoms with Crippen molar-refractivity contribution in [1.82, 2.24) is 26.1 Å². The van der Waals surface area contributed by atoms with Gasteiger partial charge in [0.05, 0.1) is 10.9 Å². The van der Waals surface area contributed by atoms with Crippen LogP contribution in [0, 0.1) is 18.8 Å². The number of hydrogen-bond acceptors (Lipinski definition) is 6. The molecular weight excluding hydrogens is 654 g/mol. The first-order chi connectivity index (χ1) is 23.7. The zero-order valence-electron chi connectivity index (χ0n) is 28.6. The molecule has 2 unspecified atom stereocenters. The minimum absolute atomic E-state index is 0. The summed E-state index contributed by atoms with van der Waals surface area (Å²) in [6.07, 6.45) is 5.47. The second kappa shape index (κ2) is 16.5. The van der Waals surface area contributed by atoms with Crippen LogP contribution in [0.3, 0.4) is 0 Å². The molecule has 12 heteroatoms. The van der Waals surface area contributed by atoms with Crippen molar-refractivity contribution in [2.45, 2.75) is 76.9 Å². The Hall–Kier alpha value is -4.45. The van der Waals surface area contributed by atoms with E-state index in [0.717, 1.165) is 67.3 Å². The number of halogens is 1. The highest BCUT2D eigenvalue weighted by atomic mass is 35.5. The van der Waals surface area contributed by atoms with Crippen molar-refractivity contribution < 1.29 is 14.4 Å². The quantitative estimate of drug-likeness (QED) is 0.128. The number of aryl methyl sites for hydroxylation is 1. The van der Waals surface area contributed by atoms with Crippen molar-refractivity contribution in [3.8, 4) is 11.1 Å². The molecule has 0 bridgehead atoms. The average molecular weight is 702 g/mol. The lowest BCUT2D eigenvalue weighted by Gasteiger charge is -2.28. The van der Waals surface area contributed by atoms with E-state index in [1.807, 2.05) is 49.4 Å². The number of piperidine rings is 1. The Labute approximate surface area is 298 Å². The summed E-state index contributed by atoms with van der Waals surface area (Å²) in [6.45, 7) is 5.67. The number of fused-ring (bicyclic) bond motifs is 1. The van der Waals surface area contributed by atoms with Gasteiger partial charge in [0.15, 0.2) is 0 Å². The highest BCUT2D eigenvalue weighted by molar-refractivity contribution is 5.99. The molecule has 2 aliphatic rings. The topological polar surface area (TPSA) is 174 Å². The molecule has 6 rings (SSSR count). The average Bonchev–Trinajstić information content (AvgIpc) is 3.47. The molecule has 1 aliphatic carbocycles. The fourth-order valence-corrected chi connectivity index (χ4v) is 7.22. The van der Waals surface area contributed by atoms with Crippen LogP contribution in [0.4, 0.5) is 5.69 Å². The molecule has 1 aromatic heterocycles. The second-order valence-electron chi connectivity index (χ2n) is 13.8. The number of carbonyl (C=O) groups is 3. The third-order valence-corrected chi connectivity index (χ3v) is 10.2. The molecule has 2 fully saturated rings. The van der Waals surface area contributed by atoms with E-state index in [4.69, 9.17) is 5.73 Å². The Morgan fingerprint density at radius 2 is 1.70 bits per heavy atom. The van der Waals surface area contributed by atoms with E-state index < -0.39 is 6.04 Å². The smallest absolute Gasteiger partial charge is 0.271 e. The fraction of sp³-hybridized carbons (Fsp3) is 0.421. The Morgan fingerprint density at radius 1 is 0.940 bits per heavy atom. The molecule has 1 saturated heterocycles. The molecule has 3 aromatic carbocycles. The third-order valence-electron chi connectivity index (χ3n) is 10.2. The third kappa shape index (κ3) is 8.82. The van der Waals surface area contributed by atoms with Crippen molar-refractivity contribution in [2.75, 3.05) is 18.4 Å². The molecule has 50 heavy (non-hydrogen) atoms. The summed E-state index contributed by atoms with van der Waals surface area (Å²) in [7, 11) is 0. The molecule has 1 saturated carbocycles. The van der Waals surface area contributed by atoms with Gasteiger partial charge in [0.2, 0.25) is 11.8 Å². The predicted octanol–water partition coefficient (Wildman–Crippen LogP) is 4.55. The second-order valence-corrected chi connectivity index (χ2v) is 13.8. The minimum Gasteiger partial charge on any atom is -0.349 e. The number of nitrogens with one attached hydrogen (secondary N) is 6. The van der Waals surface area contributed by atoms with E-state index in [9.17, 15) is 19.2 Å². The maximum atomic E-state index is 13.7. The van der Waals surface area contributed by atoms with E-state index in [1.54, 1.807) is 18.2 Å². The van der Waals surface area contributed by atoms with Crippen molar-refractivity contribution >= 4 is 46.7 Å². The van der Waals surface area contributed by atoms with Gasteiger partial charge < -0.3 is 27.0 Å². The van der Waals surface area contributed by atoms with E-state index in [0.29, 0.717) is 47.1 Å². The molecule has 3 amide bonds. The number of benzene rings is 3. The number of rotatable bonds is 10. The number of aromatic nitrogens is 2. The normalized spacial score (nSPS) is 21.1. The van der Waals surface area contributed by atoms with Crippen molar-refractivity contribution in [1.29, 1.82) is 0 Å². The summed E-state index contributed by atoms with van der Waals surface area (Å²) in [5.41, 5.74) is 11.3. The number of amides is 3. The van der Waals surface area contributed by atoms with Crippen LogP contribution in [0.2, 0.25) is 0 Å². The maximum absolute atomic E-state index is 13.7. The summed E-state index contributed by atoms with van der Waals surface area (Å²) >= 11 is 0. The van der Waals surface area contributed by atoms with Crippen LogP contribution in [-0.4, -0.2) is 59.1 Å². The summed E-state index contributed by atoms with van der Waals surface area (Å²) in [5.74, 6) is -0.222. The van der Waals surface area contributed by atoms with E-state index in [1.165, 1.54) is 0 Å². The number of aromatic amines is 2. The van der Waals surface area contributed by atoms with Gasteiger partial charge in [0.1, 0.15) is 6.04 Å². The molecular formula is C38H48ClN7O4. The van der Waals surface area contributed by atoms with Gasteiger partial charge in [-0.05, 0) is 124 Å². The molecule has 8 N–H and O–H groups in total. The number of H-pyrrole nitrogens is 2. The minimum atomic E-state index is -0.811. The molecule has 3 atom stereocenters. The summed E-state index contributed by atoms with van der Waals surface area (Å²) < 4.78 is 0. The van der Waals surface area contributed by atoms with Crippen molar-refractivity contribution in [3.63, 3.8) is 0 Å². The highest BCUT2D eigenvalue weighted by Gasteiger charge is 2.29.